The van der Waals surface area contributed by atoms with Crippen LogP contribution in [0.25, 0.3) is 10.9 Å². The first-order chi connectivity index (χ1) is 11.0. The number of aromatic amines is 1. The topological polar surface area (TPSA) is 62.0 Å². The molecule has 0 fully saturated rings. The van der Waals surface area contributed by atoms with Crippen LogP contribution in [0.3, 0.4) is 0 Å². The zero-order valence-electron chi connectivity index (χ0n) is 12.1. The summed E-state index contributed by atoms with van der Waals surface area (Å²) in [5.41, 5.74) is 1.56. The van der Waals surface area contributed by atoms with Crippen LogP contribution in [0.5, 0.6) is 0 Å². The van der Waals surface area contributed by atoms with Crippen molar-refractivity contribution in [1.82, 2.24) is 4.98 Å². The van der Waals surface area contributed by atoms with Gasteiger partial charge in [-0.25, -0.2) is 0 Å². The number of aromatic nitrogens is 1. The Balaban J connectivity index is 2.01. The van der Waals surface area contributed by atoms with Crippen molar-refractivity contribution in [2.75, 3.05) is 5.32 Å². The number of carbonyl (C=O) groups excluding carboxylic acids is 1. The number of nitrogens with one attached hydrogen (secondary N) is 2. The van der Waals surface area contributed by atoms with Crippen LogP contribution in [0.4, 0.5) is 5.69 Å². The number of fused-ring (bicyclic) bond motifs is 1. The third-order valence-corrected chi connectivity index (χ3v) is 4.25. The number of hydrogen-bond donors (Lipinski definition) is 2. The maximum Gasteiger partial charge on any atom is 0.261 e. The lowest BCUT2D eigenvalue weighted by molar-refractivity contribution is 0.102. The largest absolute Gasteiger partial charge is 0.360 e. The standard InChI is InChI=1S/C17H12Cl2N2O2/c1-9-13(19)3-2-4-14(9)21-17(23)12-8-20-15-7-10(18)5-6-11(15)16(12)22/h2-8H,1H3,(H,20,22)(H,21,23). The van der Waals surface area contributed by atoms with Gasteiger partial charge in [0.05, 0.1) is 5.52 Å². The van der Waals surface area contributed by atoms with Gasteiger partial charge in [-0.3, -0.25) is 9.59 Å². The number of amides is 1. The molecule has 0 bridgehead atoms. The predicted octanol–water partition coefficient (Wildman–Crippen LogP) is 4.40. The van der Waals surface area contributed by atoms with Gasteiger partial charge in [-0.05, 0) is 42.8 Å². The van der Waals surface area contributed by atoms with Crippen LogP contribution in [0, 0.1) is 6.92 Å². The van der Waals surface area contributed by atoms with Crippen molar-refractivity contribution < 1.29 is 4.79 Å². The summed E-state index contributed by atoms with van der Waals surface area (Å²) in [5, 5.41) is 4.18. The first-order valence-electron chi connectivity index (χ1n) is 6.85. The van der Waals surface area contributed by atoms with Crippen molar-refractivity contribution in [1.29, 1.82) is 0 Å². The van der Waals surface area contributed by atoms with E-state index in [0.717, 1.165) is 5.56 Å². The third kappa shape index (κ3) is 2.96. The fourth-order valence-electron chi connectivity index (χ4n) is 2.30. The Kier molecular flexibility index (Phi) is 4.11. The van der Waals surface area contributed by atoms with Gasteiger partial charge in [-0.2, -0.15) is 0 Å². The molecule has 116 valence electrons. The van der Waals surface area contributed by atoms with E-state index in [2.05, 4.69) is 10.3 Å². The van der Waals surface area contributed by atoms with Gasteiger partial charge in [-0.15, -0.1) is 0 Å². The summed E-state index contributed by atoms with van der Waals surface area (Å²) in [5.74, 6) is -0.492. The molecular formula is C17H12Cl2N2O2. The first kappa shape index (κ1) is 15.6. The molecule has 0 aliphatic rings. The van der Waals surface area contributed by atoms with Crippen molar-refractivity contribution in [3.05, 3.63) is 74.0 Å². The molecule has 6 heteroatoms. The summed E-state index contributed by atoms with van der Waals surface area (Å²) < 4.78 is 0. The van der Waals surface area contributed by atoms with Crippen molar-refractivity contribution in [3.8, 4) is 0 Å². The van der Waals surface area contributed by atoms with Gasteiger partial charge in [0.2, 0.25) is 5.43 Å². The summed E-state index contributed by atoms with van der Waals surface area (Å²) in [6.07, 6.45) is 1.39. The molecule has 0 radical (unpaired) electrons. The van der Waals surface area contributed by atoms with Crippen LogP contribution >= 0.6 is 23.2 Å². The lowest BCUT2D eigenvalue weighted by Gasteiger charge is -2.09. The zero-order valence-corrected chi connectivity index (χ0v) is 13.6. The smallest absolute Gasteiger partial charge is 0.261 e. The van der Waals surface area contributed by atoms with Crippen LogP contribution in [0.1, 0.15) is 15.9 Å². The Labute approximate surface area is 142 Å². The van der Waals surface area contributed by atoms with E-state index in [1.54, 1.807) is 43.3 Å². The molecule has 2 N–H and O–H groups in total. The SMILES string of the molecule is Cc1c(Cl)cccc1NC(=O)c1c[nH]c2cc(Cl)ccc2c1=O. The van der Waals surface area contributed by atoms with Crippen LogP contribution in [0.2, 0.25) is 10.0 Å². The first-order valence-corrected chi connectivity index (χ1v) is 7.60. The Hall–Kier alpha value is -2.30. The van der Waals surface area contributed by atoms with E-state index in [0.29, 0.717) is 26.6 Å². The normalized spacial score (nSPS) is 10.7. The van der Waals surface area contributed by atoms with E-state index in [1.807, 2.05) is 0 Å². The van der Waals surface area contributed by atoms with Gasteiger partial charge in [0, 0.05) is 27.3 Å². The van der Waals surface area contributed by atoms with Gasteiger partial charge in [0.1, 0.15) is 5.56 Å². The molecule has 0 atom stereocenters. The minimum atomic E-state index is -0.492. The molecule has 2 aromatic carbocycles. The van der Waals surface area contributed by atoms with Crippen molar-refractivity contribution >= 4 is 45.7 Å². The lowest BCUT2D eigenvalue weighted by Crippen LogP contribution is -2.22. The average molecular weight is 347 g/mol. The highest BCUT2D eigenvalue weighted by molar-refractivity contribution is 6.32. The number of hydrogen-bond acceptors (Lipinski definition) is 2. The summed E-state index contributed by atoms with van der Waals surface area (Å²) >= 11 is 11.9. The summed E-state index contributed by atoms with van der Waals surface area (Å²) in [6, 6.07) is 10.0. The molecule has 0 spiro atoms. The van der Waals surface area contributed by atoms with Crippen LogP contribution in [-0.4, -0.2) is 10.9 Å². The molecule has 0 saturated heterocycles. The minimum Gasteiger partial charge on any atom is -0.360 e. The number of H-pyrrole nitrogens is 1. The number of carbonyl (C=O) groups is 1. The molecule has 4 nitrogen and oxygen atoms in total. The van der Waals surface area contributed by atoms with Crippen molar-refractivity contribution in [3.63, 3.8) is 0 Å². The maximum atomic E-state index is 12.5. The van der Waals surface area contributed by atoms with Gasteiger partial charge in [0.25, 0.3) is 5.91 Å². The number of halogens is 2. The lowest BCUT2D eigenvalue weighted by atomic mass is 10.1. The fraction of sp³-hybridized carbons (Fsp3) is 0.0588. The minimum absolute atomic E-state index is 0.0270. The van der Waals surface area contributed by atoms with E-state index in [-0.39, 0.29) is 11.0 Å². The molecule has 3 aromatic rings. The molecule has 1 heterocycles. The molecule has 0 aliphatic heterocycles. The molecule has 1 amide bonds. The highest BCUT2D eigenvalue weighted by atomic mass is 35.5. The molecule has 3 rings (SSSR count). The van der Waals surface area contributed by atoms with Gasteiger partial charge in [0.15, 0.2) is 0 Å². The van der Waals surface area contributed by atoms with Crippen LogP contribution < -0.4 is 10.7 Å². The second kappa shape index (κ2) is 6.07. The Morgan fingerprint density at radius 2 is 1.96 bits per heavy atom. The quantitative estimate of drug-likeness (QED) is 0.722. The van der Waals surface area contributed by atoms with Gasteiger partial charge < -0.3 is 10.3 Å². The maximum absolute atomic E-state index is 12.5. The predicted molar refractivity (Wildman–Crippen MR) is 93.7 cm³/mol. The second-order valence-corrected chi connectivity index (χ2v) is 5.93. The highest BCUT2D eigenvalue weighted by Gasteiger charge is 2.14. The second-order valence-electron chi connectivity index (χ2n) is 5.09. The zero-order chi connectivity index (χ0) is 16.6. The Morgan fingerprint density at radius 1 is 1.17 bits per heavy atom. The van der Waals surface area contributed by atoms with E-state index >= 15 is 0 Å². The molecule has 0 saturated carbocycles. The van der Waals surface area contributed by atoms with E-state index in [1.165, 1.54) is 6.20 Å². The summed E-state index contributed by atoms with van der Waals surface area (Å²) in [4.78, 5) is 27.8. The van der Waals surface area contributed by atoms with Crippen LogP contribution in [0.15, 0.2) is 47.4 Å². The van der Waals surface area contributed by atoms with Crippen LogP contribution in [-0.2, 0) is 0 Å². The average Bonchev–Trinajstić information content (AvgIpc) is 2.52. The van der Waals surface area contributed by atoms with Crippen molar-refractivity contribution in [2.24, 2.45) is 0 Å². The molecule has 23 heavy (non-hydrogen) atoms. The number of anilines is 1. The Morgan fingerprint density at radius 3 is 2.74 bits per heavy atom. The molecule has 0 aliphatic carbocycles. The monoisotopic (exact) mass is 346 g/mol. The number of rotatable bonds is 2. The summed E-state index contributed by atoms with van der Waals surface area (Å²) in [7, 11) is 0. The van der Waals surface area contributed by atoms with E-state index in [4.69, 9.17) is 23.2 Å². The molecule has 1 aromatic heterocycles. The molecular weight excluding hydrogens is 335 g/mol. The van der Waals surface area contributed by atoms with Gasteiger partial charge in [-0.1, -0.05) is 29.3 Å². The van der Waals surface area contributed by atoms with Gasteiger partial charge >= 0.3 is 0 Å². The van der Waals surface area contributed by atoms with Crippen molar-refractivity contribution in [2.45, 2.75) is 6.92 Å². The highest BCUT2D eigenvalue weighted by Crippen LogP contribution is 2.23. The van der Waals surface area contributed by atoms with E-state index in [9.17, 15) is 9.59 Å². The number of benzene rings is 2. The summed E-state index contributed by atoms with van der Waals surface area (Å²) in [6.45, 7) is 1.80. The fourth-order valence-corrected chi connectivity index (χ4v) is 2.64. The number of pyridine rings is 1. The molecule has 0 unspecified atom stereocenters. The third-order valence-electron chi connectivity index (χ3n) is 3.60. The Bertz CT molecular complexity index is 980. The van der Waals surface area contributed by atoms with E-state index < -0.39 is 5.91 Å².